The predicted molar refractivity (Wildman–Crippen MR) is 72.3 cm³/mol. The first kappa shape index (κ1) is 16.1. The van der Waals surface area contributed by atoms with Gasteiger partial charge in [-0.3, -0.25) is 0 Å². The molecule has 2 nitrogen and oxygen atoms in total. The van der Waals surface area contributed by atoms with Crippen LogP contribution in [0, 0.1) is 11.8 Å². The molecule has 0 spiro atoms. The molecule has 0 aliphatic rings. The smallest absolute Gasteiger partial charge is 0.385 e. The number of hydrogen-bond donors (Lipinski definition) is 2. The summed E-state index contributed by atoms with van der Waals surface area (Å²) < 4.78 is 37.9. The van der Waals surface area contributed by atoms with Gasteiger partial charge in [0, 0.05) is 17.3 Å². The van der Waals surface area contributed by atoms with E-state index in [2.05, 4.69) is 5.32 Å². The second-order valence-corrected chi connectivity index (χ2v) is 5.28. The Labute approximate surface area is 116 Å². The van der Waals surface area contributed by atoms with Crippen LogP contribution in [0.25, 0.3) is 0 Å². The number of anilines is 1. The zero-order chi connectivity index (χ0) is 14.6. The largest absolute Gasteiger partial charge is 0.416 e. The average molecular weight is 295 g/mol. The van der Waals surface area contributed by atoms with E-state index in [0.29, 0.717) is 24.7 Å². The Balaban J connectivity index is 2.82. The molecule has 0 radical (unpaired) electrons. The highest BCUT2D eigenvalue weighted by Crippen LogP contribution is 2.33. The average Bonchev–Trinajstić information content (AvgIpc) is 2.27. The lowest BCUT2D eigenvalue weighted by Gasteiger charge is -2.20. The third kappa shape index (κ3) is 4.91. The number of benzene rings is 1. The molecule has 0 saturated carbocycles. The van der Waals surface area contributed by atoms with Crippen LogP contribution in [0.1, 0.15) is 19.4 Å². The van der Waals surface area contributed by atoms with Crippen LogP contribution in [-0.2, 0) is 6.18 Å². The van der Waals surface area contributed by atoms with Crippen LogP contribution >= 0.6 is 11.6 Å². The molecular weight excluding hydrogens is 277 g/mol. The highest BCUT2D eigenvalue weighted by atomic mass is 35.5. The first-order chi connectivity index (χ1) is 8.74. The van der Waals surface area contributed by atoms with Crippen molar-refractivity contribution in [2.45, 2.75) is 20.0 Å². The van der Waals surface area contributed by atoms with Crippen molar-refractivity contribution in [2.24, 2.45) is 17.6 Å². The van der Waals surface area contributed by atoms with Crippen molar-refractivity contribution in [3.63, 3.8) is 0 Å². The van der Waals surface area contributed by atoms with E-state index in [4.69, 9.17) is 17.3 Å². The normalized spacial score (nSPS) is 13.7. The van der Waals surface area contributed by atoms with Crippen LogP contribution in [0.3, 0.4) is 0 Å². The van der Waals surface area contributed by atoms with Crippen molar-refractivity contribution >= 4 is 17.3 Å². The van der Waals surface area contributed by atoms with E-state index in [9.17, 15) is 13.2 Å². The van der Waals surface area contributed by atoms with Gasteiger partial charge in [0.25, 0.3) is 0 Å². The number of nitrogens with two attached hydrogens (primary N) is 1. The highest BCUT2D eigenvalue weighted by molar-refractivity contribution is 6.30. The lowest BCUT2D eigenvalue weighted by molar-refractivity contribution is -0.137. The van der Waals surface area contributed by atoms with Crippen LogP contribution in [-0.4, -0.2) is 13.1 Å². The number of nitrogens with one attached hydrogen (secondary N) is 1. The molecule has 0 fully saturated rings. The van der Waals surface area contributed by atoms with Gasteiger partial charge in [0.1, 0.15) is 0 Å². The van der Waals surface area contributed by atoms with Gasteiger partial charge in [-0.15, -0.1) is 0 Å². The molecular formula is C13H18ClF3N2. The molecule has 0 aromatic heterocycles. The van der Waals surface area contributed by atoms with Crippen molar-refractivity contribution in [2.75, 3.05) is 18.4 Å². The summed E-state index contributed by atoms with van der Waals surface area (Å²) in [6.07, 6.45) is -4.40. The van der Waals surface area contributed by atoms with Gasteiger partial charge in [0.15, 0.2) is 0 Å². The minimum absolute atomic E-state index is 0.0613. The summed E-state index contributed by atoms with van der Waals surface area (Å²) in [5.41, 5.74) is 5.23. The van der Waals surface area contributed by atoms with E-state index in [1.54, 1.807) is 0 Å². The maximum Gasteiger partial charge on any atom is 0.416 e. The van der Waals surface area contributed by atoms with Gasteiger partial charge in [0.2, 0.25) is 0 Å². The first-order valence-electron chi connectivity index (χ1n) is 6.05. The fourth-order valence-corrected chi connectivity index (χ4v) is 1.93. The Morgan fingerprint density at radius 1 is 1.26 bits per heavy atom. The van der Waals surface area contributed by atoms with E-state index >= 15 is 0 Å². The van der Waals surface area contributed by atoms with Crippen molar-refractivity contribution in [1.82, 2.24) is 0 Å². The van der Waals surface area contributed by atoms with Gasteiger partial charge in [-0.2, -0.15) is 13.2 Å². The van der Waals surface area contributed by atoms with E-state index in [0.717, 1.165) is 12.1 Å². The SMILES string of the molecule is CC(C)C(CN)CNc1cc(Cl)cc(C(F)(F)F)c1. The molecule has 108 valence electrons. The third-order valence-electron chi connectivity index (χ3n) is 3.04. The summed E-state index contributed by atoms with van der Waals surface area (Å²) in [4.78, 5) is 0. The standard InChI is InChI=1S/C13H18ClF3N2/c1-8(2)9(6-18)7-19-12-4-10(13(15,16)17)3-11(14)5-12/h3-5,8-9,19H,6-7,18H2,1-2H3. The molecule has 0 aliphatic carbocycles. The quantitative estimate of drug-likeness (QED) is 0.861. The van der Waals surface area contributed by atoms with Gasteiger partial charge in [-0.1, -0.05) is 25.4 Å². The molecule has 1 rings (SSSR count). The Hall–Kier alpha value is -0.940. The van der Waals surface area contributed by atoms with E-state index in [1.165, 1.54) is 6.07 Å². The van der Waals surface area contributed by atoms with Crippen LogP contribution in [0.15, 0.2) is 18.2 Å². The minimum Gasteiger partial charge on any atom is -0.385 e. The number of halogens is 4. The Bertz CT molecular complexity index is 419. The molecule has 1 aromatic rings. The molecule has 0 amide bonds. The molecule has 0 aliphatic heterocycles. The third-order valence-corrected chi connectivity index (χ3v) is 3.26. The van der Waals surface area contributed by atoms with Gasteiger partial charge in [0.05, 0.1) is 5.56 Å². The maximum atomic E-state index is 12.6. The van der Waals surface area contributed by atoms with Crippen LogP contribution in [0.4, 0.5) is 18.9 Å². The zero-order valence-electron chi connectivity index (χ0n) is 10.9. The number of alkyl halides is 3. The van der Waals surface area contributed by atoms with Crippen molar-refractivity contribution < 1.29 is 13.2 Å². The van der Waals surface area contributed by atoms with Gasteiger partial charge in [-0.25, -0.2) is 0 Å². The lowest BCUT2D eigenvalue weighted by Crippen LogP contribution is -2.27. The van der Waals surface area contributed by atoms with E-state index < -0.39 is 11.7 Å². The molecule has 0 heterocycles. The van der Waals surface area contributed by atoms with E-state index in [1.807, 2.05) is 13.8 Å². The molecule has 1 unspecified atom stereocenters. The summed E-state index contributed by atoms with van der Waals surface area (Å²) in [5.74, 6) is 0.562. The zero-order valence-corrected chi connectivity index (χ0v) is 11.6. The number of rotatable bonds is 5. The molecule has 0 saturated heterocycles. The molecule has 0 bridgehead atoms. The fourth-order valence-electron chi connectivity index (χ4n) is 1.70. The van der Waals surface area contributed by atoms with Crippen molar-refractivity contribution in [3.05, 3.63) is 28.8 Å². The Kier molecular flexibility index (Phi) is 5.50. The lowest BCUT2D eigenvalue weighted by atomic mass is 9.96. The van der Waals surface area contributed by atoms with Crippen LogP contribution < -0.4 is 11.1 Å². The second-order valence-electron chi connectivity index (χ2n) is 4.85. The highest BCUT2D eigenvalue weighted by Gasteiger charge is 2.31. The second kappa shape index (κ2) is 6.48. The van der Waals surface area contributed by atoms with Gasteiger partial charge in [-0.05, 0) is 36.6 Å². The monoisotopic (exact) mass is 294 g/mol. The molecule has 6 heteroatoms. The van der Waals surface area contributed by atoms with Crippen LogP contribution in [0.2, 0.25) is 5.02 Å². The fraction of sp³-hybridized carbons (Fsp3) is 0.538. The topological polar surface area (TPSA) is 38.0 Å². The summed E-state index contributed by atoms with van der Waals surface area (Å²) in [6, 6.07) is 3.44. The van der Waals surface area contributed by atoms with Gasteiger partial charge >= 0.3 is 6.18 Å². The molecule has 3 N–H and O–H groups in total. The minimum atomic E-state index is -4.40. The summed E-state index contributed by atoms with van der Waals surface area (Å²) >= 11 is 5.70. The van der Waals surface area contributed by atoms with Crippen molar-refractivity contribution in [1.29, 1.82) is 0 Å². The van der Waals surface area contributed by atoms with E-state index in [-0.39, 0.29) is 10.9 Å². The molecule has 19 heavy (non-hydrogen) atoms. The van der Waals surface area contributed by atoms with Crippen LogP contribution in [0.5, 0.6) is 0 Å². The molecule has 1 atom stereocenters. The Morgan fingerprint density at radius 2 is 1.89 bits per heavy atom. The number of hydrogen-bond acceptors (Lipinski definition) is 2. The van der Waals surface area contributed by atoms with Gasteiger partial charge < -0.3 is 11.1 Å². The molecule has 1 aromatic carbocycles. The first-order valence-corrected chi connectivity index (χ1v) is 6.43. The van der Waals surface area contributed by atoms with Crippen molar-refractivity contribution in [3.8, 4) is 0 Å². The maximum absolute atomic E-state index is 12.6. The summed E-state index contributed by atoms with van der Waals surface area (Å²) in [5, 5.41) is 3.03. The summed E-state index contributed by atoms with van der Waals surface area (Å²) in [6.45, 7) is 5.06. The Morgan fingerprint density at radius 3 is 2.37 bits per heavy atom. The summed E-state index contributed by atoms with van der Waals surface area (Å²) in [7, 11) is 0. The predicted octanol–water partition coefficient (Wildman–Crippen LogP) is 4.00.